The highest BCUT2D eigenvalue weighted by Gasteiger charge is 2.37. The largest absolute Gasteiger partial charge is 0.448 e. The summed E-state index contributed by atoms with van der Waals surface area (Å²) < 4.78 is 28.5. The molecule has 2 amide bonds. The smallest absolute Gasteiger partial charge is 0.355 e. The van der Waals surface area contributed by atoms with Crippen LogP contribution in [0.15, 0.2) is 35.4 Å². The zero-order valence-electron chi connectivity index (χ0n) is 15.3. The maximum atomic E-state index is 12.4. The van der Waals surface area contributed by atoms with Gasteiger partial charge in [0.25, 0.3) is 5.91 Å². The van der Waals surface area contributed by atoms with Crippen molar-refractivity contribution in [2.45, 2.75) is 38.3 Å². The van der Waals surface area contributed by atoms with Gasteiger partial charge in [0.2, 0.25) is 5.91 Å². The molecule has 0 saturated carbocycles. The average molecular weight is 407 g/mol. The molecule has 2 aliphatic heterocycles. The molecule has 1 fully saturated rings. The first-order chi connectivity index (χ1) is 13.2. The van der Waals surface area contributed by atoms with Crippen LogP contribution in [0, 0.1) is 0 Å². The molecule has 1 aromatic rings. The molecular weight excluding hydrogens is 386 g/mol. The number of hydrogen-bond acceptors (Lipinski definition) is 7. The van der Waals surface area contributed by atoms with Gasteiger partial charge in [0.05, 0.1) is 17.5 Å². The SMILES string of the molecule is C[C@H](OC(=O)C1=NN([C@H]2CCS(=O)(=O)C2)C(=O)CC1)C(=O)Nc1ccccc1. The van der Waals surface area contributed by atoms with Gasteiger partial charge in [-0.3, -0.25) is 9.59 Å². The van der Waals surface area contributed by atoms with E-state index in [1.54, 1.807) is 24.3 Å². The lowest BCUT2D eigenvalue weighted by Gasteiger charge is -2.27. The summed E-state index contributed by atoms with van der Waals surface area (Å²) >= 11 is 0. The van der Waals surface area contributed by atoms with E-state index in [-0.39, 0.29) is 42.4 Å². The summed E-state index contributed by atoms with van der Waals surface area (Å²) in [5.41, 5.74) is 0.577. The minimum atomic E-state index is -3.20. The van der Waals surface area contributed by atoms with Gasteiger partial charge < -0.3 is 10.1 Å². The number of benzene rings is 1. The van der Waals surface area contributed by atoms with E-state index in [4.69, 9.17) is 4.74 Å². The number of ether oxygens (including phenoxy) is 1. The van der Waals surface area contributed by atoms with E-state index in [2.05, 4.69) is 10.4 Å². The minimum absolute atomic E-state index is 0.00302. The molecule has 150 valence electrons. The van der Waals surface area contributed by atoms with E-state index in [9.17, 15) is 22.8 Å². The molecule has 10 heteroatoms. The number of rotatable bonds is 5. The van der Waals surface area contributed by atoms with Crippen molar-refractivity contribution in [3.05, 3.63) is 30.3 Å². The third-order valence-electron chi connectivity index (χ3n) is 4.54. The summed E-state index contributed by atoms with van der Waals surface area (Å²) in [5.74, 6) is -1.79. The van der Waals surface area contributed by atoms with Crippen molar-refractivity contribution in [3.8, 4) is 0 Å². The zero-order chi connectivity index (χ0) is 20.3. The number of hydrogen-bond donors (Lipinski definition) is 1. The molecule has 1 saturated heterocycles. The van der Waals surface area contributed by atoms with Gasteiger partial charge in [0.15, 0.2) is 15.9 Å². The van der Waals surface area contributed by atoms with Gasteiger partial charge in [-0.05, 0) is 25.5 Å². The average Bonchev–Trinajstić information content (AvgIpc) is 3.02. The molecule has 0 bridgehead atoms. The van der Waals surface area contributed by atoms with Crippen LogP contribution in [0.4, 0.5) is 5.69 Å². The van der Waals surface area contributed by atoms with E-state index >= 15 is 0 Å². The van der Waals surface area contributed by atoms with E-state index in [0.29, 0.717) is 5.69 Å². The monoisotopic (exact) mass is 407 g/mol. The lowest BCUT2D eigenvalue weighted by molar-refractivity contribution is -0.147. The number of amides is 2. The van der Waals surface area contributed by atoms with Crippen LogP contribution < -0.4 is 5.32 Å². The Labute approximate surface area is 162 Å². The summed E-state index contributed by atoms with van der Waals surface area (Å²) in [4.78, 5) is 36.6. The van der Waals surface area contributed by atoms with E-state index < -0.39 is 33.9 Å². The van der Waals surface area contributed by atoms with Crippen molar-refractivity contribution in [3.63, 3.8) is 0 Å². The van der Waals surface area contributed by atoms with Crippen molar-refractivity contribution >= 4 is 39.0 Å². The zero-order valence-corrected chi connectivity index (χ0v) is 16.1. The van der Waals surface area contributed by atoms with Crippen LogP contribution in [-0.4, -0.2) is 60.6 Å². The predicted octanol–water partition coefficient (Wildman–Crippen LogP) is 0.722. The topological polar surface area (TPSA) is 122 Å². The number of sulfone groups is 1. The third-order valence-corrected chi connectivity index (χ3v) is 6.29. The van der Waals surface area contributed by atoms with E-state index in [1.165, 1.54) is 6.92 Å². The Balaban J connectivity index is 1.63. The molecule has 1 N–H and O–H groups in total. The fourth-order valence-corrected chi connectivity index (χ4v) is 4.71. The first-order valence-electron chi connectivity index (χ1n) is 8.92. The van der Waals surface area contributed by atoms with Crippen LogP contribution in [0.25, 0.3) is 0 Å². The molecule has 1 aromatic carbocycles. The molecule has 0 aromatic heterocycles. The van der Waals surface area contributed by atoms with Crippen LogP contribution in [0.1, 0.15) is 26.2 Å². The van der Waals surface area contributed by atoms with Gasteiger partial charge in [-0.15, -0.1) is 0 Å². The summed E-state index contributed by atoms with van der Waals surface area (Å²) in [7, 11) is -3.20. The van der Waals surface area contributed by atoms with Crippen molar-refractivity contribution in [2.75, 3.05) is 16.8 Å². The number of nitrogens with zero attached hydrogens (tertiary/aromatic N) is 2. The van der Waals surface area contributed by atoms with Gasteiger partial charge in [-0.2, -0.15) is 5.10 Å². The van der Waals surface area contributed by atoms with Gasteiger partial charge in [0.1, 0.15) is 5.71 Å². The van der Waals surface area contributed by atoms with E-state index in [1.807, 2.05) is 6.07 Å². The molecule has 2 heterocycles. The highest BCUT2D eigenvalue weighted by molar-refractivity contribution is 7.91. The number of carbonyl (C=O) groups excluding carboxylic acids is 3. The predicted molar refractivity (Wildman–Crippen MR) is 101 cm³/mol. The second-order valence-electron chi connectivity index (χ2n) is 6.74. The van der Waals surface area contributed by atoms with Gasteiger partial charge >= 0.3 is 5.97 Å². The first kappa shape index (κ1) is 20.0. The number of esters is 1. The highest BCUT2D eigenvalue weighted by atomic mass is 32.2. The summed E-state index contributed by atoms with van der Waals surface area (Å²) in [6.07, 6.45) is -0.653. The van der Waals surface area contributed by atoms with Crippen molar-refractivity contribution < 1.29 is 27.5 Å². The summed E-state index contributed by atoms with van der Waals surface area (Å²) in [6.45, 7) is 1.44. The van der Waals surface area contributed by atoms with Crippen LogP contribution in [0.2, 0.25) is 0 Å². The van der Waals surface area contributed by atoms with Gasteiger partial charge in [-0.1, -0.05) is 18.2 Å². The fourth-order valence-electron chi connectivity index (χ4n) is 3.02. The Kier molecular flexibility index (Phi) is 5.78. The van der Waals surface area contributed by atoms with Crippen molar-refractivity contribution in [2.24, 2.45) is 5.10 Å². The molecule has 0 unspecified atom stereocenters. The summed E-state index contributed by atoms with van der Waals surface area (Å²) in [5, 5.41) is 7.75. The second-order valence-corrected chi connectivity index (χ2v) is 8.97. The summed E-state index contributed by atoms with van der Waals surface area (Å²) in [6, 6.07) is 8.17. The number of anilines is 1. The number of para-hydroxylation sites is 1. The fraction of sp³-hybridized carbons (Fsp3) is 0.444. The van der Waals surface area contributed by atoms with Gasteiger partial charge in [0, 0.05) is 18.5 Å². The van der Waals surface area contributed by atoms with Crippen LogP contribution in [0.3, 0.4) is 0 Å². The molecule has 28 heavy (non-hydrogen) atoms. The van der Waals surface area contributed by atoms with Crippen molar-refractivity contribution in [1.29, 1.82) is 0 Å². The maximum absolute atomic E-state index is 12.4. The minimum Gasteiger partial charge on any atom is -0.448 e. The maximum Gasteiger partial charge on any atom is 0.355 e. The standard InChI is InChI=1S/C18H21N3O6S/c1-12(17(23)19-13-5-3-2-4-6-13)27-18(24)15-7-8-16(22)21(20-15)14-9-10-28(25,26)11-14/h2-6,12,14H,7-11H2,1H3,(H,19,23)/t12-,14-/m0/s1. The molecule has 0 radical (unpaired) electrons. The first-order valence-corrected chi connectivity index (χ1v) is 10.7. The number of carbonyl (C=O) groups is 3. The number of nitrogens with one attached hydrogen (secondary N) is 1. The Morgan fingerprint density at radius 3 is 2.61 bits per heavy atom. The van der Waals surface area contributed by atoms with Crippen LogP contribution in [0.5, 0.6) is 0 Å². The molecule has 2 atom stereocenters. The lowest BCUT2D eigenvalue weighted by Crippen LogP contribution is -2.42. The lowest BCUT2D eigenvalue weighted by atomic mass is 10.1. The molecule has 3 rings (SSSR count). The molecule has 0 spiro atoms. The highest BCUT2D eigenvalue weighted by Crippen LogP contribution is 2.22. The molecule has 2 aliphatic rings. The Hall–Kier alpha value is -2.75. The number of hydrazone groups is 1. The van der Waals surface area contributed by atoms with E-state index in [0.717, 1.165) is 5.01 Å². The molecule has 9 nitrogen and oxygen atoms in total. The molecular formula is C18H21N3O6S. The third kappa shape index (κ3) is 4.75. The van der Waals surface area contributed by atoms with Crippen molar-refractivity contribution in [1.82, 2.24) is 5.01 Å². The second kappa shape index (κ2) is 8.09. The van der Waals surface area contributed by atoms with Crippen LogP contribution in [-0.2, 0) is 29.0 Å². The Morgan fingerprint density at radius 1 is 1.25 bits per heavy atom. The normalized spacial score (nSPS) is 22.3. The quantitative estimate of drug-likeness (QED) is 0.718. The Morgan fingerprint density at radius 2 is 1.96 bits per heavy atom. The Bertz CT molecular complexity index is 913. The van der Waals surface area contributed by atoms with Gasteiger partial charge in [-0.25, -0.2) is 18.2 Å². The van der Waals surface area contributed by atoms with Crippen LogP contribution >= 0.6 is 0 Å². The molecule has 0 aliphatic carbocycles.